The lowest BCUT2D eigenvalue weighted by molar-refractivity contribution is 0.402. The third-order valence-electron chi connectivity index (χ3n) is 3.66. The van der Waals surface area contributed by atoms with Crippen molar-refractivity contribution in [2.75, 3.05) is 0 Å². The molecule has 0 aliphatic heterocycles. The van der Waals surface area contributed by atoms with E-state index in [1.807, 2.05) is 25.2 Å². The zero-order valence-corrected chi connectivity index (χ0v) is 14.1. The normalized spacial score (nSPS) is 18.6. The molecule has 2 heterocycles. The van der Waals surface area contributed by atoms with Gasteiger partial charge in [0, 0.05) is 10.9 Å². The smallest absolute Gasteiger partial charge is 0.208 e. The molecule has 19 heavy (non-hydrogen) atoms. The number of halogens is 1. The van der Waals surface area contributed by atoms with Gasteiger partial charge in [0.1, 0.15) is 5.76 Å². The molecular weight excluding hydrogens is 371 g/mol. The zero-order valence-electron chi connectivity index (χ0n) is 11.1. The topological polar surface area (TPSA) is 38.1 Å². The van der Waals surface area contributed by atoms with Crippen molar-refractivity contribution >= 4 is 33.9 Å². The van der Waals surface area contributed by atoms with Crippen LogP contribution in [0.4, 0.5) is 0 Å². The van der Waals surface area contributed by atoms with Gasteiger partial charge in [0.25, 0.3) is 0 Å². The van der Waals surface area contributed by atoms with Crippen LogP contribution in [0.2, 0.25) is 0 Å². The summed E-state index contributed by atoms with van der Waals surface area (Å²) in [5.41, 5.74) is 2.48. The fraction of sp³-hybridized carbons (Fsp3) is 0.500. The van der Waals surface area contributed by atoms with Gasteiger partial charge in [-0.25, -0.2) is 4.98 Å². The highest BCUT2D eigenvalue weighted by Crippen LogP contribution is 2.36. The molecule has 0 saturated heterocycles. The summed E-state index contributed by atoms with van der Waals surface area (Å²) in [7, 11) is 0. The van der Waals surface area contributed by atoms with Crippen LogP contribution in [0.3, 0.4) is 0 Å². The molecule has 0 saturated carbocycles. The first-order chi connectivity index (χ1) is 9.13. The molecule has 1 N–H and O–H groups in total. The molecular formula is C14H17IN2OS. The van der Waals surface area contributed by atoms with Crippen molar-refractivity contribution in [1.29, 1.82) is 0 Å². The average Bonchev–Trinajstić information content (AvgIpc) is 2.89. The Morgan fingerprint density at radius 2 is 2.37 bits per heavy atom. The number of rotatable bonds is 3. The van der Waals surface area contributed by atoms with Crippen LogP contribution in [-0.4, -0.2) is 4.98 Å². The number of thiophene rings is 1. The predicted octanol–water partition coefficient (Wildman–Crippen LogP) is 4.12. The molecule has 0 bridgehead atoms. The Hall–Kier alpha value is -0.400. The van der Waals surface area contributed by atoms with E-state index in [9.17, 15) is 0 Å². The van der Waals surface area contributed by atoms with E-state index in [1.165, 1.54) is 27.7 Å². The molecule has 1 aliphatic carbocycles. The molecule has 0 aromatic carbocycles. The molecule has 2 aromatic heterocycles. The van der Waals surface area contributed by atoms with Gasteiger partial charge in [-0.2, -0.15) is 0 Å². The van der Waals surface area contributed by atoms with Crippen molar-refractivity contribution < 1.29 is 4.42 Å². The van der Waals surface area contributed by atoms with E-state index < -0.39 is 0 Å². The third kappa shape index (κ3) is 2.87. The molecule has 1 unspecified atom stereocenters. The van der Waals surface area contributed by atoms with Gasteiger partial charge in [-0.1, -0.05) is 0 Å². The number of aryl methyl sites for hydroxylation is 3. The number of aromatic nitrogens is 1. The Morgan fingerprint density at radius 3 is 3.11 bits per heavy atom. The maximum atomic E-state index is 5.63. The average molecular weight is 388 g/mol. The van der Waals surface area contributed by atoms with E-state index in [0.29, 0.717) is 12.6 Å². The van der Waals surface area contributed by atoms with Gasteiger partial charge < -0.3 is 9.73 Å². The van der Waals surface area contributed by atoms with E-state index in [1.54, 1.807) is 4.88 Å². The van der Waals surface area contributed by atoms with Crippen LogP contribution >= 0.6 is 33.9 Å². The van der Waals surface area contributed by atoms with Crippen molar-refractivity contribution in [2.45, 2.75) is 45.7 Å². The van der Waals surface area contributed by atoms with Crippen LogP contribution in [-0.2, 0) is 13.0 Å². The summed E-state index contributed by atoms with van der Waals surface area (Å²) < 4.78 is 7.01. The summed E-state index contributed by atoms with van der Waals surface area (Å²) in [4.78, 5) is 5.98. The van der Waals surface area contributed by atoms with Gasteiger partial charge in [0.05, 0.1) is 15.1 Å². The van der Waals surface area contributed by atoms with Crippen molar-refractivity contribution in [2.24, 2.45) is 0 Å². The Bertz CT molecular complexity index is 571. The summed E-state index contributed by atoms with van der Waals surface area (Å²) in [6.07, 6.45) is 3.71. The molecule has 0 spiro atoms. The number of fused-ring (bicyclic) bond motifs is 1. The van der Waals surface area contributed by atoms with E-state index in [4.69, 9.17) is 4.42 Å². The van der Waals surface area contributed by atoms with Crippen LogP contribution < -0.4 is 5.32 Å². The second-order valence-electron chi connectivity index (χ2n) is 5.00. The van der Waals surface area contributed by atoms with E-state index in [-0.39, 0.29) is 0 Å². The van der Waals surface area contributed by atoms with E-state index in [0.717, 1.165) is 17.3 Å². The standard InChI is InChI=1S/C14H17IN2OS/c1-8-9(2)18-14(17-8)7-16-11-4-3-5-12-10(11)6-13(15)19-12/h6,11,16H,3-5,7H2,1-2H3. The minimum Gasteiger partial charge on any atom is -0.444 e. The van der Waals surface area contributed by atoms with Gasteiger partial charge in [-0.3, -0.25) is 0 Å². The fourth-order valence-electron chi connectivity index (χ4n) is 2.56. The second kappa shape index (κ2) is 5.54. The SMILES string of the molecule is Cc1nc(CNC2CCCc3sc(I)cc32)oc1C. The zero-order chi connectivity index (χ0) is 13.4. The quantitative estimate of drug-likeness (QED) is 0.804. The van der Waals surface area contributed by atoms with Crippen LogP contribution in [0.1, 0.15) is 46.7 Å². The molecule has 0 fully saturated rings. The lowest BCUT2D eigenvalue weighted by Gasteiger charge is -2.23. The summed E-state index contributed by atoms with van der Waals surface area (Å²) >= 11 is 4.35. The highest BCUT2D eigenvalue weighted by Gasteiger charge is 2.22. The van der Waals surface area contributed by atoms with E-state index in [2.05, 4.69) is 39.0 Å². The molecule has 2 aromatic rings. The summed E-state index contributed by atoms with van der Waals surface area (Å²) in [5.74, 6) is 1.72. The highest BCUT2D eigenvalue weighted by atomic mass is 127. The largest absolute Gasteiger partial charge is 0.444 e. The van der Waals surface area contributed by atoms with Crippen LogP contribution in [0.5, 0.6) is 0 Å². The fourth-order valence-corrected chi connectivity index (χ4v) is 4.68. The monoisotopic (exact) mass is 388 g/mol. The van der Waals surface area contributed by atoms with Crippen molar-refractivity contribution in [3.05, 3.63) is 36.7 Å². The summed E-state index contributed by atoms with van der Waals surface area (Å²) in [6, 6.07) is 2.78. The predicted molar refractivity (Wildman–Crippen MR) is 85.5 cm³/mol. The van der Waals surface area contributed by atoms with E-state index >= 15 is 0 Å². The Balaban J connectivity index is 1.71. The number of oxazole rings is 1. The number of nitrogens with one attached hydrogen (secondary N) is 1. The first kappa shape index (κ1) is 13.6. The number of hydrogen-bond donors (Lipinski definition) is 1. The second-order valence-corrected chi connectivity index (χ2v) is 8.03. The molecule has 5 heteroatoms. The molecule has 102 valence electrons. The maximum absolute atomic E-state index is 5.63. The molecule has 3 nitrogen and oxygen atoms in total. The van der Waals surface area contributed by atoms with Crippen molar-refractivity contribution in [1.82, 2.24) is 10.3 Å². The lowest BCUT2D eigenvalue weighted by Crippen LogP contribution is -2.24. The van der Waals surface area contributed by atoms with Gasteiger partial charge in [0.2, 0.25) is 5.89 Å². The molecule has 3 rings (SSSR count). The van der Waals surface area contributed by atoms with Gasteiger partial charge >= 0.3 is 0 Å². The Morgan fingerprint density at radius 1 is 1.53 bits per heavy atom. The first-order valence-electron chi connectivity index (χ1n) is 6.58. The van der Waals surface area contributed by atoms with Crippen LogP contribution in [0.15, 0.2) is 10.5 Å². The van der Waals surface area contributed by atoms with Crippen LogP contribution in [0, 0.1) is 16.7 Å². The van der Waals surface area contributed by atoms with Gasteiger partial charge in [-0.05, 0) is 67.3 Å². The Labute approximate surface area is 131 Å². The van der Waals surface area contributed by atoms with Crippen molar-refractivity contribution in [3.8, 4) is 0 Å². The van der Waals surface area contributed by atoms with Gasteiger partial charge in [0.15, 0.2) is 0 Å². The highest BCUT2D eigenvalue weighted by molar-refractivity contribution is 14.1. The minimum atomic E-state index is 0.455. The van der Waals surface area contributed by atoms with Gasteiger partial charge in [-0.15, -0.1) is 11.3 Å². The maximum Gasteiger partial charge on any atom is 0.208 e. The first-order valence-corrected chi connectivity index (χ1v) is 8.47. The third-order valence-corrected chi connectivity index (χ3v) is 5.63. The number of nitrogens with zero attached hydrogens (tertiary/aromatic N) is 1. The Kier molecular flexibility index (Phi) is 3.96. The molecule has 1 atom stereocenters. The number of hydrogen-bond acceptors (Lipinski definition) is 4. The summed E-state index contributed by atoms with van der Waals surface area (Å²) in [5, 5.41) is 3.60. The molecule has 0 amide bonds. The van der Waals surface area contributed by atoms with Crippen LogP contribution in [0.25, 0.3) is 0 Å². The van der Waals surface area contributed by atoms with Crippen molar-refractivity contribution in [3.63, 3.8) is 0 Å². The minimum absolute atomic E-state index is 0.455. The summed E-state index contributed by atoms with van der Waals surface area (Å²) in [6.45, 7) is 4.67. The molecule has 1 aliphatic rings. The molecule has 0 radical (unpaired) electrons. The lowest BCUT2D eigenvalue weighted by atomic mass is 9.94.